The van der Waals surface area contributed by atoms with Crippen molar-refractivity contribution in [2.45, 2.75) is 13.0 Å². The minimum atomic E-state index is -0.632. The maximum atomic E-state index is 11.1. The summed E-state index contributed by atoms with van der Waals surface area (Å²) < 4.78 is 7.09. The maximum absolute atomic E-state index is 11.1. The zero-order valence-corrected chi connectivity index (χ0v) is 11.1. The normalized spacial score (nSPS) is 12.0. The van der Waals surface area contributed by atoms with E-state index in [9.17, 15) is 4.79 Å². The van der Waals surface area contributed by atoms with Gasteiger partial charge in [0.25, 0.3) is 5.91 Å². The van der Waals surface area contributed by atoms with Crippen LogP contribution in [0.1, 0.15) is 6.92 Å². The zero-order valence-electron chi connectivity index (χ0n) is 7.96. The summed E-state index contributed by atoms with van der Waals surface area (Å²) in [6.07, 6.45) is -0.632. The Labute approximate surface area is 104 Å². The molecule has 3 N–H and O–H groups in total. The SMILES string of the molecule is CC(Oc1ccc(Br)cc1Br)C(=O)NN. The third kappa shape index (κ3) is 3.48. The Morgan fingerprint density at radius 1 is 1.53 bits per heavy atom. The fraction of sp³-hybridized carbons (Fsp3) is 0.222. The van der Waals surface area contributed by atoms with Crippen LogP contribution in [0.3, 0.4) is 0 Å². The van der Waals surface area contributed by atoms with E-state index in [2.05, 4.69) is 31.9 Å². The van der Waals surface area contributed by atoms with Gasteiger partial charge in [-0.3, -0.25) is 10.2 Å². The van der Waals surface area contributed by atoms with Gasteiger partial charge in [-0.2, -0.15) is 0 Å². The van der Waals surface area contributed by atoms with Crippen molar-refractivity contribution in [2.75, 3.05) is 0 Å². The largest absolute Gasteiger partial charge is 0.480 e. The van der Waals surface area contributed by atoms with Gasteiger partial charge in [0.2, 0.25) is 0 Å². The lowest BCUT2D eigenvalue weighted by atomic mass is 10.3. The summed E-state index contributed by atoms with van der Waals surface area (Å²) in [7, 11) is 0. The van der Waals surface area contributed by atoms with Crippen molar-refractivity contribution < 1.29 is 9.53 Å². The molecule has 1 aromatic carbocycles. The molecule has 0 aromatic heterocycles. The van der Waals surface area contributed by atoms with E-state index in [1.165, 1.54) is 0 Å². The van der Waals surface area contributed by atoms with Crippen molar-refractivity contribution in [3.05, 3.63) is 27.1 Å². The molecule has 15 heavy (non-hydrogen) atoms. The molecule has 6 heteroatoms. The van der Waals surface area contributed by atoms with Crippen molar-refractivity contribution in [3.63, 3.8) is 0 Å². The van der Waals surface area contributed by atoms with Crippen LogP contribution >= 0.6 is 31.9 Å². The molecule has 1 aromatic rings. The lowest BCUT2D eigenvalue weighted by Crippen LogP contribution is -2.40. The van der Waals surface area contributed by atoms with E-state index in [4.69, 9.17) is 10.6 Å². The van der Waals surface area contributed by atoms with Gasteiger partial charge in [0, 0.05) is 4.47 Å². The average molecular weight is 338 g/mol. The van der Waals surface area contributed by atoms with E-state index in [0.717, 1.165) is 8.95 Å². The van der Waals surface area contributed by atoms with Crippen LogP contribution in [-0.2, 0) is 4.79 Å². The second-order valence-electron chi connectivity index (χ2n) is 2.84. The minimum absolute atomic E-state index is 0.371. The minimum Gasteiger partial charge on any atom is -0.480 e. The van der Waals surface area contributed by atoms with Gasteiger partial charge < -0.3 is 4.74 Å². The van der Waals surface area contributed by atoms with Crippen LogP contribution in [0.5, 0.6) is 5.75 Å². The van der Waals surface area contributed by atoms with E-state index < -0.39 is 6.10 Å². The molecule has 4 nitrogen and oxygen atoms in total. The molecule has 1 amide bonds. The van der Waals surface area contributed by atoms with Crippen molar-refractivity contribution in [3.8, 4) is 5.75 Å². The molecular weight excluding hydrogens is 328 g/mol. The summed E-state index contributed by atoms with van der Waals surface area (Å²) >= 11 is 6.65. The van der Waals surface area contributed by atoms with Gasteiger partial charge in [-0.25, -0.2) is 5.84 Å². The van der Waals surface area contributed by atoms with Gasteiger partial charge in [-0.05, 0) is 41.1 Å². The van der Waals surface area contributed by atoms with E-state index in [-0.39, 0.29) is 5.91 Å². The number of carbonyl (C=O) groups is 1. The highest BCUT2D eigenvalue weighted by molar-refractivity contribution is 9.11. The maximum Gasteiger partial charge on any atom is 0.274 e. The van der Waals surface area contributed by atoms with E-state index in [1.807, 2.05) is 17.6 Å². The molecular formula is C9H10Br2N2O2. The Bertz CT molecular complexity index is 371. The Balaban J connectivity index is 2.76. The number of halogens is 2. The number of carbonyl (C=O) groups excluding carboxylic acids is 1. The lowest BCUT2D eigenvalue weighted by Gasteiger charge is -2.14. The van der Waals surface area contributed by atoms with Crippen LogP contribution < -0.4 is 16.0 Å². The Morgan fingerprint density at radius 3 is 2.73 bits per heavy atom. The van der Waals surface area contributed by atoms with Gasteiger partial charge in [-0.1, -0.05) is 15.9 Å². The molecule has 1 unspecified atom stereocenters. The topological polar surface area (TPSA) is 64.3 Å². The predicted molar refractivity (Wildman–Crippen MR) is 64.3 cm³/mol. The van der Waals surface area contributed by atoms with Crippen LogP contribution in [0.4, 0.5) is 0 Å². The molecule has 0 aliphatic heterocycles. The number of rotatable bonds is 3. The first-order chi connectivity index (χ1) is 7.04. The van der Waals surface area contributed by atoms with Crippen LogP contribution in [0, 0.1) is 0 Å². The molecule has 1 rings (SSSR count). The number of hydrogen-bond donors (Lipinski definition) is 2. The van der Waals surface area contributed by atoms with Crippen LogP contribution in [0.15, 0.2) is 27.1 Å². The van der Waals surface area contributed by atoms with Crippen molar-refractivity contribution >= 4 is 37.8 Å². The van der Waals surface area contributed by atoms with Crippen molar-refractivity contribution in [1.29, 1.82) is 0 Å². The second kappa shape index (κ2) is 5.48. The summed E-state index contributed by atoms with van der Waals surface area (Å²) in [5, 5.41) is 0. The quantitative estimate of drug-likeness (QED) is 0.503. The number of amides is 1. The number of hydrogen-bond acceptors (Lipinski definition) is 3. The molecule has 0 bridgehead atoms. The standard InChI is InChI=1S/C9H10Br2N2O2/c1-5(9(14)13-12)15-8-3-2-6(10)4-7(8)11/h2-5H,12H2,1H3,(H,13,14). The van der Waals surface area contributed by atoms with Crippen LogP contribution in [-0.4, -0.2) is 12.0 Å². The highest BCUT2D eigenvalue weighted by Crippen LogP contribution is 2.28. The monoisotopic (exact) mass is 336 g/mol. The first-order valence-electron chi connectivity index (χ1n) is 4.16. The summed E-state index contributed by atoms with van der Waals surface area (Å²) in [5.74, 6) is 5.21. The second-order valence-corrected chi connectivity index (χ2v) is 4.61. The number of benzene rings is 1. The Kier molecular flexibility index (Phi) is 4.56. The molecule has 0 fully saturated rings. The van der Waals surface area contributed by atoms with E-state index in [0.29, 0.717) is 5.75 Å². The molecule has 82 valence electrons. The summed E-state index contributed by atoms with van der Waals surface area (Å²) in [5.41, 5.74) is 2.03. The summed E-state index contributed by atoms with van der Waals surface area (Å²) in [6.45, 7) is 1.62. The van der Waals surface area contributed by atoms with Crippen LogP contribution in [0.2, 0.25) is 0 Å². The molecule has 0 aliphatic rings. The average Bonchev–Trinajstić information content (AvgIpc) is 2.20. The van der Waals surface area contributed by atoms with Crippen molar-refractivity contribution in [2.24, 2.45) is 5.84 Å². The predicted octanol–water partition coefficient (Wildman–Crippen LogP) is 1.97. The highest BCUT2D eigenvalue weighted by Gasteiger charge is 2.14. The van der Waals surface area contributed by atoms with Gasteiger partial charge in [-0.15, -0.1) is 0 Å². The molecule has 0 spiro atoms. The Morgan fingerprint density at radius 2 is 2.20 bits per heavy atom. The van der Waals surface area contributed by atoms with E-state index >= 15 is 0 Å². The Hall–Kier alpha value is -0.590. The summed E-state index contributed by atoms with van der Waals surface area (Å²) in [6, 6.07) is 5.42. The molecule has 0 aliphatic carbocycles. The number of hydrazine groups is 1. The molecule has 0 saturated carbocycles. The number of nitrogens with two attached hydrogens (primary N) is 1. The molecule has 0 saturated heterocycles. The first kappa shape index (κ1) is 12.5. The summed E-state index contributed by atoms with van der Waals surface area (Å²) in [4.78, 5) is 11.1. The fourth-order valence-corrected chi connectivity index (χ4v) is 2.07. The number of nitrogens with one attached hydrogen (secondary N) is 1. The molecule has 0 radical (unpaired) electrons. The zero-order chi connectivity index (χ0) is 11.4. The number of ether oxygens (including phenoxy) is 1. The van der Waals surface area contributed by atoms with Gasteiger partial charge in [0.05, 0.1) is 4.47 Å². The fourth-order valence-electron chi connectivity index (χ4n) is 0.932. The highest BCUT2D eigenvalue weighted by atomic mass is 79.9. The molecule has 0 heterocycles. The molecule has 1 atom stereocenters. The smallest absolute Gasteiger partial charge is 0.274 e. The first-order valence-corrected chi connectivity index (χ1v) is 5.75. The van der Waals surface area contributed by atoms with E-state index in [1.54, 1.807) is 13.0 Å². The van der Waals surface area contributed by atoms with Gasteiger partial charge in [0.1, 0.15) is 5.75 Å². The lowest BCUT2D eigenvalue weighted by molar-refractivity contribution is -0.127. The van der Waals surface area contributed by atoms with Crippen LogP contribution in [0.25, 0.3) is 0 Å². The van der Waals surface area contributed by atoms with Crippen molar-refractivity contribution in [1.82, 2.24) is 5.43 Å². The third-order valence-electron chi connectivity index (χ3n) is 1.71. The van der Waals surface area contributed by atoms with Gasteiger partial charge >= 0.3 is 0 Å². The third-order valence-corrected chi connectivity index (χ3v) is 2.82. The van der Waals surface area contributed by atoms with Gasteiger partial charge in [0.15, 0.2) is 6.10 Å².